The molecule has 5 heteroatoms. The van der Waals surface area contributed by atoms with E-state index in [0.717, 1.165) is 37.2 Å². The Labute approximate surface area is 178 Å². The van der Waals surface area contributed by atoms with E-state index < -0.39 is 0 Å². The van der Waals surface area contributed by atoms with Crippen LogP contribution in [-0.4, -0.2) is 37.5 Å². The molecule has 0 saturated heterocycles. The summed E-state index contributed by atoms with van der Waals surface area (Å²) >= 11 is 1.81. The molecular weight excluding hydrogens is 384 g/mol. The van der Waals surface area contributed by atoms with Crippen molar-refractivity contribution in [3.8, 4) is 0 Å². The van der Waals surface area contributed by atoms with Gasteiger partial charge in [0.2, 0.25) is 0 Å². The molecule has 1 aromatic carbocycles. The first-order valence-corrected chi connectivity index (χ1v) is 11.4. The van der Waals surface area contributed by atoms with Crippen LogP contribution >= 0.6 is 11.8 Å². The number of thioether (sulfide) groups is 1. The molecule has 0 aliphatic heterocycles. The molecule has 0 N–H and O–H groups in total. The molecule has 0 aromatic heterocycles. The number of hydrogen-bond acceptors (Lipinski definition) is 5. The maximum atomic E-state index is 12.2. The molecule has 0 heterocycles. The molecule has 4 nitrogen and oxygen atoms in total. The first kappa shape index (κ1) is 23.4. The monoisotopic (exact) mass is 416 g/mol. The molecule has 0 fully saturated rings. The Morgan fingerprint density at radius 2 is 2.03 bits per heavy atom. The van der Waals surface area contributed by atoms with E-state index in [1.54, 1.807) is 24.9 Å². The molecule has 0 amide bonds. The lowest BCUT2D eigenvalue weighted by Crippen LogP contribution is -2.15. The number of ketones is 1. The predicted octanol–water partition coefficient (Wildman–Crippen LogP) is 4.77. The van der Waals surface area contributed by atoms with Crippen molar-refractivity contribution in [2.45, 2.75) is 38.7 Å². The van der Waals surface area contributed by atoms with E-state index in [9.17, 15) is 9.59 Å². The van der Waals surface area contributed by atoms with Crippen molar-refractivity contribution in [1.29, 1.82) is 0 Å². The minimum atomic E-state index is -0.156. The second kappa shape index (κ2) is 13.4. The van der Waals surface area contributed by atoms with E-state index in [-0.39, 0.29) is 23.6 Å². The molecule has 0 bridgehead atoms. The zero-order valence-electron chi connectivity index (χ0n) is 17.5. The number of ether oxygens (including phenoxy) is 2. The Kier molecular flexibility index (Phi) is 10.8. The summed E-state index contributed by atoms with van der Waals surface area (Å²) in [5.74, 6) is 2.21. The van der Waals surface area contributed by atoms with Gasteiger partial charge in [-0.2, -0.15) is 11.8 Å². The maximum absolute atomic E-state index is 12.2. The number of carbonyl (C=O) groups excluding carboxylic acids is 2. The molecule has 0 saturated carbocycles. The highest BCUT2D eigenvalue weighted by Crippen LogP contribution is 2.28. The largest absolute Gasteiger partial charge is 0.469 e. The van der Waals surface area contributed by atoms with Crippen molar-refractivity contribution in [3.05, 3.63) is 59.7 Å². The SMILES string of the molecule is COCc1cccc(CC/C=C/C2C=CC(=O)[C@@H]2CCSCCCC(=O)OC)c1. The third-order valence-electron chi connectivity index (χ3n) is 5.04. The fourth-order valence-electron chi connectivity index (χ4n) is 3.46. The maximum Gasteiger partial charge on any atom is 0.305 e. The van der Waals surface area contributed by atoms with Crippen molar-refractivity contribution in [3.63, 3.8) is 0 Å². The summed E-state index contributed by atoms with van der Waals surface area (Å²) in [4.78, 5) is 23.3. The Hall–Kier alpha value is -1.85. The smallest absolute Gasteiger partial charge is 0.305 e. The van der Waals surface area contributed by atoms with Crippen LogP contribution in [0.3, 0.4) is 0 Å². The molecule has 0 radical (unpaired) electrons. The lowest BCUT2D eigenvalue weighted by molar-refractivity contribution is -0.140. The topological polar surface area (TPSA) is 52.6 Å². The van der Waals surface area contributed by atoms with Crippen molar-refractivity contribution < 1.29 is 19.1 Å². The number of aryl methyl sites for hydroxylation is 1. The van der Waals surface area contributed by atoms with E-state index in [1.165, 1.54) is 18.2 Å². The summed E-state index contributed by atoms with van der Waals surface area (Å²) < 4.78 is 9.83. The van der Waals surface area contributed by atoms with Gasteiger partial charge >= 0.3 is 5.97 Å². The lowest BCUT2D eigenvalue weighted by atomic mass is 9.91. The zero-order chi connectivity index (χ0) is 20.9. The highest BCUT2D eigenvalue weighted by molar-refractivity contribution is 7.99. The van der Waals surface area contributed by atoms with Crippen LogP contribution in [0.4, 0.5) is 0 Å². The Morgan fingerprint density at radius 3 is 2.83 bits per heavy atom. The molecule has 1 aromatic rings. The Balaban J connectivity index is 1.70. The second-order valence-corrected chi connectivity index (χ2v) is 8.47. The number of allylic oxidation sites excluding steroid dienone is 4. The van der Waals surface area contributed by atoms with E-state index in [4.69, 9.17) is 4.74 Å². The average molecular weight is 417 g/mol. The lowest BCUT2D eigenvalue weighted by Gasteiger charge is -2.14. The number of rotatable bonds is 13. The van der Waals surface area contributed by atoms with Gasteiger partial charge in [-0.25, -0.2) is 0 Å². The summed E-state index contributed by atoms with van der Waals surface area (Å²) in [6.07, 6.45) is 12.3. The van der Waals surface area contributed by atoms with Crippen LogP contribution in [0.2, 0.25) is 0 Å². The summed E-state index contributed by atoms with van der Waals surface area (Å²) in [7, 11) is 3.13. The third-order valence-corrected chi connectivity index (χ3v) is 6.15. The molecule has 0 spiro atoms. The summed E-state index contributed by atoms with van der Waals surface area (Å²) in [5.41, 5.74) is 2.50. The Bertz CT molecular complexity index is 711. The number of carbonyl (C=O) groups is 2. The molecule has 29 heavy (non-hydrogen) atoms. The quantitative estimate of drug-likeness (QED) is 0.263. The van der Waals surface area contributed by atoms with Crippen LogP contribution in [0.25, 0.3) is 0 Å². The van der Waals surface area contributed by atoms with Crippen LogP contribution < -0.4 is 0 Å². The Morgan fingerprint density at radius 1 is 1.21 bits per heavy atom. The molecule has 2 rings (SSSR count). The van der Waals surface area contributed by atoms with Crippen LogP contribution in [-0.2, 0) is 32.1 Å². The minimum Gasteiger partial charge on any atom is -0.469 e. The standard InChI is InChI=1S/C24H32O4S/c1-27-18-20-9-5-8-19(17-20)7-3-4-10-21-12-13-23(25)22(21)14-16-29-15-6-11-24(26)28-2/h4-5,8-10,12-13,17,21-22H,3,6-7,11,14-16,18H2,1-2H3/b10-4+/t21?,22-/m1/s1. The zero-order valence-corrected chi connectivity index (χ0v) is 18.3. The van der Waals surface area contributed by atoms with Crippen LogP contribution in [0.1, 0.15) is 36.8 Å². The van der Waals surface area contributed by atoms with Crippen molar-refractivity contribution in [2.24, 2.45) is 11.8 Å². The molecule has 158 valence electrons. The second-order valence-electron chi connectivity index (χ2n) is 7.25. The number of hydrogen-bond donors (Lipinski definition) is 0. The number of methoxy groups -OCH3 is 2. The van der Waals surface area contributed by atoms with Gasteiger partial charge in [0, 0.05) is 25.4 Å². The van der Waals surface area contributed by atoms with Gasteiger partial charge in [0.05, 0.1) is 13.7 Å². The third kappa shape index (κ3) is 8.58. The molecule has 1 aliphatic rings. The van der Waals surface area contributed by atoms with Gasteiger partial charge < -0.3 is 9.47 Å². The van der Waals surface area contributed by atoms with E-state index in [2.05, 4.69) is 41.2 Å². The predicted molar refractivity (Wildman–Crippen MR) is 119 cm³/mol. The first-order chi connectivity index (χ1) is 14.1. The number of esters is 1. The highest BCUT2D eigenvalue weighted by Gasteiger charge is 2.27. The van der Waals surface area contributed by atoms with Crippen LogP contribution in [0, 0.1) is 11.8 Å². The van der Waals surface area contributed by atoms with Crippen molar-refractivity contribution in [2.75, 3.05) is 25.7 Å². The van der Waals surface area contributed by atoms with Gasteiger partial charge in [0.1, 0.15) is 0 Å². The fourth-order valence-corrected chi connectivity index (χ4v) is 4.44. The van der Waals surface area contributed by atoms with Gasteiger partial charge in [-0.1, -0.05) is 42.5 Å². The minimum absolute atomic E-state index is 0.0596. The summed E-state index contributed by atoms with van der Waals surface area (Å²) in [5, 5.41) is 0. The van der Waals surface area contributed by atoms with Gasteiger partial charge in [-0.3, -0.25) is 9.59 Å². The van der Waals surface area contributed by atoms with Gasteiger partial charge in [-0.15, -0.1) is 0 Å². The van der Waals surface area contributed by atoms with E-state index in [1.807, 2.05) is 6.08 Å². The highest BCUT2D eigenvalue weighted by atomic mass is 32.2. The van der Waals surface area contributed by atoms with Gasteiger partial charge in [-0.05, 0) is 54.4 Å². The number of benzene rings is 1. The van der Waals surface area contributed by atoms with Crippen LogP contribution in [0.5, 0.6) is 0 Å². The fraction of sp³-hybridized carbons (Fsp3) is 0.500. The van der Waals surface area contributed by atoms with Crippen LogP contribution in [0.15, 0.2) is 48.6 Å². The molecule has 2 atom stereocenters. The van der Waals surface area contributed by atoms with Gasteiger partial charge in [0.15, 0.2) is 5.78 Å². The summed E-state index contributed by atoms with van der Waals surface area (Å²) in [6.45, 7) is 0.640. The van der Waals surface area contributed by atoms with Crippen molar-refractivity contribution >= 4 is 23.5 Å². The molecular formula is C24H32O4S. The van der Waals surface area contributed by atoms with E-state index >= 15 is 0 Å². The van der Waals surface area contributed by atoms with E-state index in [0.29, 0.717) is 13.0 Å². The van der Waals surface area contributed by atoms with Gasteiger partial charge in [0.25, 0.3) is 0 Å². The summed E-state index contributed by atoms with van der Waals surface area (Å²) in [6, 6.07) is 8.49. The molecule has 1 unspecified atom stereocenters. The molecule has 1 aliphatic carbocycles. The van der Waals surface area contributed by atoms with Crippen molar-refractivity contribution in [1.82, 2.24) is 0 Å². The average Bonchev–Trinajstić information content (AvgIpc) is 3.07. The first-order valence-electron chi connectivity index (χ1n) is 10.2. The normalized spacial score (nSPS) is 18.6.